The fourth-order valence-electron chi connectivity index (χ4n) is 3.23. The van der Waals surface area contributed by atoms with Gasteiger partial charge in [-0.15, -0.1) is 24.0 Å². The number of hydrogen-bond donors (Lipinski definition) is 3. The molecule has 0 saturated carbocycles. The first-order chi connectivity index (χ1) is 13.3. The average Bonchev–Trinajstić information content (AvgIpc) is 3.00. The van der Waals surface area contributed by atoms with Gasteiger partial charge in [0.1, 0.15) is 5.60 Å². The zero-order valence-corrected chi connectivity index (χ0v) is 21.1. The lowest BCUT2D eigenvalue weighted by molar-refractivity contribution is -0.143. The third-order valence-corrected chi connectivity index (χ3v) is 4.95. The molecule has 1 amide bonds. The lowest BCUT2D eigenvalue weighted by Crippen LogP contribution is -2.57. The van der Waals surface area contributed by atoms with Gasteiger partial charge in [0, 0.05) is 32.7 Å². The van der Waals surface area contributed by atoms with Crippen LogP contribution < -0.4 is 16.0 Å². The van der Waals surface area contributed by atoms with Gasteiger partial charge in [0.05, 0.1) is 12.1 Å². The predicted octanol–water partition coefficient (Wildman–Crippen LogP) is 3.49. The summed E-state index contributed by atoms with van der Waals surface area (Å²) in [6.07, 6.45) is -2.71. The summed E-state index contributed by atoms with van der Waals surface area (Å²) in [4.78, 5) is 17.8. The minimum Gasteiger partial charge on any atom is -0.444 e. The second-order valence-corrected chi connectivity index (χ2v) is 8.52. The van der Waals surface area contributed by atoms with E-state index in [2.05, 4.69) is 20.9 Å². The molecular formula is C19H37F3IN5O2. The van der Waals surface area contributed by atoms with Crippen LogP contribution in [-0.4, -0.2) is 73.5 Å². The van der Waals surface area contributed by atoms with Crippen molar-refractivity contribution >= 4 is 36.0 Å². The summed E-state index contributed by atoms with van der Waals surface area (Å²) in [7, 11) is 1.61. The minimum atomic E-state index is -4.19. The van der Waals surface area contributed by atoms with E-state index in [4.69, 9.17) is 4.74 Å². The van der Waals surface area contributed by atoms with E-state index in [-0.39, 0.29) is 30.0 Å². The zero-order chi connectivity index (χ0) is 22.3. The largest absolute Gasteiger partial charge is 0.444 e. The summed E-state index contributed by atoms with van der Waals surface area (Å²) in [6.45, 7) is 9.59. The number of nitrogens with one attached hydrogen (secondary N) is 3. The third kappa shape index (κ3) is 10.9. The van der Waals surface area contributed by atoms with Crippen LogP contribution in [0, 0.1) is 0 Å². The van der Waals surface area contributed by atoms with E-state index in [9.17, 15) is 18.0 Å². The normalized spacial score (nSPS) is 18.6. The molecule has 11 heteroatoms. The van der Waals surface area contributed by atoms with E-state index >= 15 is 0 Å². The highest BCUT2D eigenvalue weighted by molar-refractivity contribution is 14.0. The number of hydrogen-bond acceptors (Lipinski definition) is 4. The Kier molecular flexibility index (Phi) is 11.8. The molecule has 0 spiro atoms. The summed E-state index contributed by atoms with van der Waals surface area (Å²) < 4.78 is 43.0. The maximum absolute atomic E-state index is 12.6. The van der Waals surface area contributed by atoms with Gasteiger partial charge >= 0.3 is 12.3 Å². The Morgan fingerprint density at radius 3 is 2.27 bits per heavy atom. The summed E-state index contributed by atoms with van der Waals surface area (Å²) in [5.74, 6) is 0.501. The van der Waals surface area contributed by atoms with Gasteiger partial charge in [-0.3, -0.25) is 9.89 Å². The van der Waals surface area contributed by atoms with Gasteiger partial charge < -0.3 is 20.7 Å². The molecule has 1 heterocycles. The first-order valence-corrected chi connectivity index (χ1v) is 10.1. The van der Waals surface area contributed by atoms with Crippen molar-refractivity contribution in [2.24, 2.45) is 4.99 Å². The molecule has 1 unspecified atom stereocenters. The number of halogens is 4. The minimum absolute atomic E-state index is 0. The maximum Gasteiger partial charge on any atom is 0.408 e. The third-order valence-electron chi connectivity index (χ3n) is 4.95. The highest BCUT2D eigenvalue weighted by atomic mass is 127. The molecule has 178 valence electrons. The Labute approximate surface area is 195 Å². The molecule has 1 atom stereocenters. The second-order valence-electron chi connectivity index (χ2n) is 8.52. The van der Waals surface area contributed by atoms with Crippen LogP contribution in [0.3, 0.4) is 0 Å². The standard InChI is InChI=1S/C19H36F3N5O2.HI/c1-7-18(8-2,26-16(28)29-17(3,4)5)12-24-15(23-6)25-14-9-10-27(11-14)13-19(20,21)22;/h14H,7-13H2,1-6H3,(H,26,28)(H2,23,24,25);1H. The van der Waals surface area contributed by atoms with Gasteiger partial charge in [-0.05, 0) is 40.0 Å². The number of alkyl carbamates (subject to hydrolysis) is 1. The monoisotopic (exact) mass is 551 g/mol. The van der Waals surface area contributed by atoms with Crippen molar-refractivity contribution in [2.75, 3.05) is 33.2 Å². The molecule has 1 aliphatic rings. The molecule has 3 N–H and O–H groups in total. The predicted molar refractivity (Wildman–Crippen MR) is 123 cm³/mol. The van der Waals surface area contributed by atoms with Crippen molar-refractivity contribution in [3.05, 3.63) is 0 Å². The van der Waals surface area contributed by atoms with Crippen LogP contribution in [0.15, 0.2) is 4.99 Å². The lowest BCUT2D eigenvalue weighted by Gasteiger charge is -2.34. The summed E-state index contributed by atoms with van der Waals surface area (Å²) in [6, 6.07) is -0.111. The fraction of sp³-hybridized carbons (Fsp3) is 0.895. The number of rotatable bonds is 7. The van der Waals surface area contributed by atoms with Crippen LogP contribution >= 0.6 is 24.0 Å². The number of alkyl halides is 3. The Hall–Kier alpha value is -0.980. The second kappa shape index (κ2) is 12.2. The molecule has 7 nitrogen and oxygen atoms in total. The number of guanidine groups is 1. The maximum atomic E-state index is 12.6. The van der Waals surface area contributed by atoms with E-state index in [1.165, 1.54) is 4.90 Å². The van der Waals surface area contributed by atoms with Gasteiger partial charge in [0.15, 0.2) is 5.96 Å². The van der Waals surface area contributed by atoms with Crippen molar-refractivity contribution in [3.63, 3.8) is 0 Å². The molecular weight excluding hydrogens is 514 g/mol. The molecule has 1 saturated heterocycles. The van der Waals surface area contributed by atoms with E-state index < -0.39 is 30.0 Å². The lowest BCUT2D eigenvalue weighted by atomic mass is 9.93. The average molecular weight is 551 g/mol. The number of amides is 1. The van der Waals surface area contributed by atoms with Crippen LogP contribution in [0.2, 0.25) is 0 Å². The number of ether oxygens (including phenoxy) is 1. The molecule has 1 fully saturated rings. The quantitative estimate of drug-likeness (QED) is 0.257. The smallest absolute Gasteiger partial charge is 0.408 e. The van der Waals surface area contributed by atoms with Crippen molar-refractivity contribution in [3.8, 4) is 0 Å². The SMILES string of the molecule is CCC(CC)(CNC(=NC)NC1CCN(CC(F)(F)F)C1)NC(=O)OC(C)(C)C.I. The molecule has 0 aromatic rings. The Morgan fingerprint density at radius 2 is 1.80 bits per heavy atom. The van der Waals surface area contributed by atoms with E-state index in [0.29, 0.717) is 44.9 Å². The number of aliphatic imine (C=N–C) groups is 1. The topological polar surface area (TPSA) is 78.0 Å². The van der Waals surface area contributed by atoms with E-state index in [1.54, 1.807) is 27.8 Å². The van der Waals surface area contributed by atoms with E-state index in [0.717, 1.165) is 0 Å². The van der Waals surface area contributed by atoms with Crippen molar-refractivity contribution in [2.45, 2.75) is 77.2 Å². The first kappa shape index (κ1) is 29.0. The highest BCUT2D eigenvalue weighted by Crippen LogP contribution is 2.20. The molecule has 0 bridgehead atoms. The molecule has 0 aromatic carbocycles. The van der Waals surface area contributed by atoms with Crippen molar-refractivity contribution < 1.29 is 22.7 Å². The fourth-order valence-corrected chi connectivity index (χ4v) is 3.23. The van der Waals surface area contributed by atoms with Crippen LogP contribution in [0.4, 0.5) is 18.0 Å². The number of carbonyl (C=O) groups excluding carboxylic acids is 1. The summed E-state index contributed by atoms with van der Waals surface area (Å²) in [5, 5.41) is 9.33. The molecule has 0 aliphatic carbocycles. The van der Waals surface area contributed by atoms with Gasteiger partial charge in [-0.1, -0.05) is 13.8 Å². The Balaban J connectivity index is 0.00000841. The summed E-state index contributed by atoms with van der Waals surface area (Å²) >= 11 is 0. The Morgan fingerprint density at radius 1 is 1.20 bits per heavy atom. The van der Waals surface area contributed by atoms with Crippen LogP contribution in [0.1, 0.15) is 53.9 Å². The Bertz CT molecular complexity index is 563. The van der Waals surface area contributed by atoms with Gasteiger partial charge in [-0.2, -0.15) is 13.2 Å². The highest BCUT2D eigenvalue weighted by Gasteiger charge is 2.35. The van der Waals surface area contributed by atoms with Crippen LogP contribution in [0.5, 0.6) is 0 Å². The molecule has 0 aromatic heterocycles. The number of carbonyl (C=O) groups is 1. The molecule has 30 heavy (non-hydrogen) atoms. The first-order valence-electron chi connectivity index (χ1n) is 10.1. The van der Waals surface area contributed by atoms with Crippen LogP contribution in [-0.2, 0) is 4.74 Å². The van der Waals surface area contributed by atoms with Crippen LogP contribution in [0.25, 0.3) is 0 Å². The molecule has 0 radical (unpaired) electrons. The molecule has 1 aliphatic heterocycles. The van der Waals surface area contributed by atoms with E-state index in [1.807, 2.05) is 13.8 Å². The van der Waals surface area contributed by atoms with Gasteiger partial charge in [0.2, 0.25) is 0 Å². The van der Waals surface area contributed by atoms with Gasteiger partial charge in [0.25, 0.3) is 0 Å². The molecule has 1 rings (SSSR count). The van der Waals surface area contributed by atoms with Crippen molar-refractivity contribution in [1.29, 1.82) is 0 Å². The number of nitrogens with zero attached hydrogens (tertiary/aromatic N) is 2. The van der Waals surface area contributed by atoms with Crippen molar-refractivity contribution in [1.82, 2.24) is 20.9 Å². The summed E-state index contributed by atoms with van der Waals surface area (Å²) in [5.41, 5.74) is -1.12. The zero-order valence-electron chi connectivity index (χ0n) is 18.8. The van der Waals surface area contributed by atoms with Gasteiger partial charge in [-0.25, -0.2) is 4.79 Å². The number of likely N-dealkylation sites (tertiary alicyclic amines) is 1.